The van der Waals surface area contributed by atoms with E-state index in [-0.39, 0.29) is 24.2 Å². The summed E-state index contributed by atoms with van der Waals surface area (Å²) in [5.41, 5.74) is 4.63. The van der Waals surface area contributed by atoms with Gasteiger partial charge in [-0.3, -0.25) is 9.59 Å². The Bertz CT molecular complexity index is 1150. The summed E-state index contributed by atoms with van der Waals surface area (Å²) < 4.78 is 5.11. The first-order valence-corrected chi connectivity index (χ1v) is 10.2. The topological polar surface area (TPSA) is 125 Å². The van der Waals surface area contributed by atoms with E-state index in [0.29, 0.717) is 29.1 Å². The van der Waals surface area contributed by atoms with E-state index in [1.165, 1.54) is 12.3 Å². The Labute approximate surface area is 190 Å². The molecule has 0 saturated heterocycles. The minimum atomic E-state index is -0.335. The molecule has 3 N–H and O–H groups in total. The lowest BCUT2D eigenvalue weighted by Gasteiger charge is -2.04. The smallest absolute Gasteiger partial charge is 0.310 e. The van der Waals surface area contributed by atoms with E-state index < -0.39 is 0 Å². The fraction of sp³-hybridized carbons (Fsp3) is 0.125. The zero-order valence-corrected chi connectivity index (χ0v) is 17.9. The van der Waals surface area contributed by atoms with Gasteiger partial charge in [0.25, 0.3) is 5.91 Å². The van der Waals surface area contributed by atoms with Gasteiger partial charge < -0.3 is 15.2 Å². The van der Waals surface area contributed by atoms with Crippen LogP contribution in [0.3, 0.4) is 0 Å². The Morgan fingerprint density at radius 3 is 2.39 bits per heavy atom. The van der Waals surface area contributed by atoms with E-state index in [4.69, 9.17) is 4.74 Å². The fourth-order valence-corrected chi connectivity index (χ4v) is 2.56. The van der Waals surface area contributed by atoms with E-state index in [1.807, 2.05) is 30.3 Å². The third-order valence-electron chi connectivity index (χ3n) is 4.27. The van der Waals surface area contributed by atoms with Crippen molar-refractivity contribution in [3.05, 3.63) is 78.4 Å². The average Bonchev–Trinajstić information content (AvgIpc) is 2.84. The summed E-state index contributed by atoms with van der Waals surface area (Å²) in [6.45, 7) is 1.77. The molecule has 0 aliphatic carbocycles. The Balaban J connectivity index is 1.56. The third kappa shape index (κ3) is 7.59. The number of hydrogen-bond donors (Lipinski definition) is 3. The number of anilines is 1. The number of phenols is 1. The Morgan fingerprint density at radius 2 is 1.67 bits per heavy atom. The zero-order valence-electron chi connectivity index (χ0n) is 17.9. The first-order chi connectivity index (χ1) is 16.0. The van der Waals surface area contributed by atoms with E-state index in [9.17, 15) is 14.7 Å². The highest BCUT2D eigenvalue weighted by atomic mass is 16.5. The highest BCUT2D eigenvalue weighted by Gasteiger charge is 2.03. The van der Waals surface area contributed by atoms with Gasteiger partial charge in [0.05, 0.1) is 24.1 Å². The highest BCUT2D eigenvalue weighted by Crippen LogP contribution is 2.25. The number of hydrogen-bond acceptors (Lipinski definition) is 8. The number of para-hydroxylation sites is 1. The van der Waals surface area contributed by atoms with Gasteiger partial charge >= 0.3 is 5.97 Å². The SMILES string of the molecule is CCC(=O)Oc1ccc(N=Nc2ccc(O)c(/C=N\NC(=O)CNc3ccccc3)c2)cc1. The van der Waals surface area contributed by atoms with Crippen molar-refractivity contribution < 1.29 is 19.4 Å². The molecule has 0 aliphatic heterocycles. The summed E-state index contributed by atoms with van der Waals surface area (Å²) in [7, 11) is 0. The van der Waals surface area contributed by atoms with Crippen LogP contribution in [-0.2, 0) is 9.59 Å². The van der Waals surface area contributed by atoms with Crippen molar-refractivity contribution in [3.63, 3.8) is 0 Å². The summed E-state index contributed by atoms with van der Waals surface area (Å²) in [5, 5.41) is 25.1. The molecule has 3 aromatic rings. The first kappa shape index (κ1) is 23.1. The van der Waals surface area contributed by atoms with Crippen molar-refractivity contribution in [1.29, 1.82) is 0 Å². The fourth-order valence-electron chi connectivity index (χ4n) is 2.56. The molecule has 0 aromatic heterocycles. The van der Waals surface area contributed by atoms with Gasteiger partial charge in [-0.25, -0.2) is 5.43 Å². The number of azo groups is 1. The van der Waals surface area contributed by atoms with Crippen molar-refractivity contribution in [2.24, 2.45) is 15.3 Å². The Hall–Kier alpha value is -4.53. The van der Waals surface area contributed by atoms with Crippen molar-refractivity contribution in [3.8, 4) is 11.5 Å². The van der Waals surface area contributed by atoms with E-state index >= 15 is 0 Å². The number of aromatic hydroxyl groups is 1. The largest absolute Gasteiger partial charge is 0.507 e. The molecular weight excluding hydrogens is 422 g/mol. The number of phenolic OH excluding ortho intramolecular Hbond substituents is 1. The number of amides is 1. The lowest BCUT2D eigenvalue weighted by atomic mass is 10.2. The van der Waals surface area contributed by atoms with Crippen molar-refractivity contribution >= 4 is 35.2 Å². The molecule has 33 heavy (non-hydrogen) atoms. The van der Waals surface area contributed by atoms with Crippen LogP contribution < -0.4 is 15.5 Å². The maximum Gasteiger partial charge on any atom is 0.310 e. The second-order valence-electron chi connectivity index (χ2n) is 6.78. The molecule has 0 spiro atoms. The van der Waals surface area contributed by atoms with Crippen LogP contribution in [0.2, 0.25) is 0 Å². The molecule has 9 heteroatoms. The molecule has 0 aliphatic rings. The molecule has 9 nitrogen and oxygen atoms in total. The van der Waals surface area contributed by atoms with Crippen LogP contribution in [0.15, 0.2) is 88.1 Å². The van der Waals surface area contributed by atoms with Gasteiger partial charge in [-0.15, -0.1) is 0 Å². The van der Waals surface area contributed by atoms with E-state index in [2.05, 4.69) is 26.1 Å². The second-order valence-corrected chi connectivity index (χ2v) is 6.78. The van der Waals surface area contributed by atoms with Crippen LogP contribution in [0.5, 0.6) is 11.5 Å². The molecular formula is C24H23N5O4. The zero-order chi connectivity index (χ0) is 23.5. The normalized spacial score (nSPS) is 10.9. The van der Waals surface area contributed by atoms with Gasteiger partial charge in [0.2, 0.25) is 0 Å². The lowest BCUT2D eigenvalue weighted by molar-refractivity contribution is -0.134. The molecule has 0 saturated carbocycles. The van der Waals surface area contributed by atoms with Gasteiger partial charge in [0.1, 0.15) is 11.5 Å². The molecule has 168 valence electrons. The Morgan fingerprint density at radius 1 is 0.970 bits per heavy atom. The quantitative estimate of drug-likeness (QED) is 0.145. The predicted molar refractivity (Wildman–Crippen MR) is 125 cm³/mol. The minimum absolute atomic E-state index is 0.0172. The molecule has 1 amide bonds. The maximum atomic E-state index is 11.9. The molecule has 0 fully saturated rings. The lowest BCUT2D eigenvalue weighted by Crippen LogP contribution is -2.25. The number of esters is 1. The molecule has 0 heterocycles. The van der Waals surface area contributed by atoms with Crippen LogP contribution in [0.4, 0.5) is 17.1 Å². The van der Waals surface area contributed by atoms with Crippen molar-refractivity contribution in [2.45, 2.75) is 13.3 Å². The van der Waals surface area contributed by atoms with Crippen LogP contribution in [0.25, 0.3) is 0 Å². The number of carbonyl (C=O) groups excluding carboxylic acids is 2. The molecule has 0 bridgehead atoms. The number of nitrogens with zero attached hydrogens (tertiary/aromatic N) is 3. The summed E-state index contributed by atoms with van der Waals surface area (Å²) in [4.78, 5) is 23.2. The number of carbonyl (C=O) groups is 2. The minimum Gasteiger partial charge on any atom is -0.507 e. The molecule has 0 unspecified atom stereocenters. The number of rotatable bonds is 9. The van der Waals surface area contributed by atoms with Crippen molar-refractivity contribution in [1.82, 2.24) is 5.43 Å². The molecule has 0 radical (unpaired) electrons. The Kier molecular flexibility index (Phi) is 8.24. The third-order valence-corrected chi connectivity index (χ3v) is 4.27. The summed E-state index contributed by atoms with van der Waals surface area (Å²) in [6, 6.07) is 20.6. The maximum absolute atomic E-state index is 11.9. The number of benzene rings is 3. The van der Waals surface area contributed by atoms with Gasteiger partial charge in [0.15, 0.2) is 0 Å². The van der Waals surface area contributed by atoms with Crippen LogP contribution in [0.1, 0.15) is 18.9 Å². The number of hydrazone groups is 1. The van der Waals surface area contributed by atoms with Gasteiger partial charge in [-0.05, 0) is 54.6 Å². The molecule has 3 aromatic carbocycles. The van der Waals surface area contributed by atoms with Gasteiger partial charge in [0, 0.05) is 17.7 Å². The van der Waals surface area contributed by atoms with Crippen LogP contribution in [0, 0.1) is 0 Å². The predicted octanol–water partition coefficient (Wildman–Crippen LogP) is 4.69. The van der Waals surface area contributed by atoms with Gasteiger partial charge in [-0.1, -0.05) is 25.1 Å². The molecule has 0 atom stereocenters. The first-order valence-electron chi connectivity index (χ1n) is 10.2. The van der Waals surface area contributed by atoms with Gasteiger partial charge in [-0.2, -0.15) is 15.3 Å². The highest BCUT2D eigenvalue weighted by molar-refractivity contribution is 5.87. The summed E-state index contributed by atoms with van der Waals surface area (Å²) >= 11 is 0. The van der Waals surface area contributed by atoms with E-state index in [0.717, 1.165) is 5.69 Å². The van der Waals surface area contributed by atoms with Crippen molar-refractivity contribution in [2.75, 3.05) is 11.9 Å². The second kappa shape index (κ2) is 11.8. The van der Waals surface area contributed by atoms with Crippen LogP contribution >= 0.6 is 0 Å². The standard InChI is InChI=1S/C24H23N5O4/c1-2-24(32)33-21-11-8-19(9-12-21)27-28-20-10-13-22(30)17(14-20)15-26-29-23(31)16-25-18-6-4-3-5-7-18/h3-15,25,30H,2,16H2,1H3,(H,29,31)/b26-15-,28-27?. The van der Waals surface area contributed by atoms with Crippen LogP contribution in [-0.4, -0.2) is 29.7 Å². The average molecular weight is 445 g/mol. The monoisotopic (exact) mass is 445 g/mol. The summed E-state index contributed by atoms with van der Waals surface area (Å²) in [5.74, 6) is -0.230. The number of ether oxygens (including phenoxy) is 1. The molecule has 3 rings (SSSR count). The van der Waals surface area contributed by atoms with E-state index in [1.54, 1.807) is 43.3 Å². The number of nitrogens with one attached hydrogen (secondary N) is 2. The summed E-state index contributed by atoms with van der Waals surface area (Å²) in [6.07, 6.45) is 1.62.